The van der Waals surface area contributed by atoms with Crippen LogP contribution in [0.15, 0.2) is 12.3 Å². The molecule has 6 heteroatoms. The molecule has 0 bridgehead atoms. The van der Waals surface area contributed by atoms with Gasteiger partial charge in [0.2, 0.25) is 0 Å². The average Bonchev–Trinajstić information content (AvgIpc) is 2.09. The van der Waals surface area contributed by atoms with E-state index in [4.69, 9.17) is 11.1 Å². The van der Waals surface area contributed by atoms with Crippen LogP contribution in [0.4, 0.5) is 0 Å². The summed E-state index contributed by atoms with van der Waals surface area (Å²) in [5.41, 5.74) is 6.23. The van der Waals surface area contributed by atoms with Gasteiger partial charge in [-0.1, -0.05) is 0 Å². The third-order valence-electron chi connectivity index (χ3n) is 0.182. The van der Waals surface area contributed by atoms with E-state index in [1.54, 1.807) is 42.3 Å². The molecule has 0 spiro atoms. The minimum Gasteiger partial charge on any atom is -0.811 e. The van der Waals surface area contributed by atoms with Gasteiger partial charge in [-0.25, -0.2) is 0 Å². The van der Waals surface area contributed by atoms with E-state index in [-0.39, 0.29) is 21.7 Å². The second-order valence-corrected chi connectivity index (χ2v) is 1.85. The van der Waals surface area contributed by atoms with Crippen molar-refractivity contribution < 1.29 is 21.7 Å². The van der Waals surface area contributed by atoms with Crippen molar-refractivity contribution in [3.05, 3.63) is 39.4 Å². The number of hydrogen-bond donors (Lipinski definition) is 0. The van der Waals surface area contributed by atoms with Crippen molar-refractivity contribution in [3.8, 4) is 0 Å². The van der Waals surface area contributed by atoms with Crippen molar-refractivity contribution in [1.82, 2.24) is 0 Å². The minimum absolute atomic E-state index is 0. The Balaban J connectivity index is -0.0000000300. The summed E-state index contributed by atoms with van der Waals surface area (Å²) < 4.78 is 0. The predicted molar refractivity (Wildman–Crippen MR) is 68.5 cm³/mol. The van der Waals surface area contributed by atoms with Crippen LogP contribution in [0, 0.1) is 0 Å². The van der Waals surface area contributed by atoms with E-state index in [1.165, 1.54) is 6.08 Å². The smallest absolute Gasteiger partial charge is 0 e. The summed E-state index contributed by atoms with van der Waals surface area (Å²) in [7, 11) is 10.5. The summed E-state index contributed by atoms with van der Waals surface area (Å²) in [5, 5.41) is 18.2. The summed E-state index contributed by atoms with van der Waals surface area (Å²) in [6.07, 6.45) is 3.03. The van der Waals surface area contributed by atoms with E-state index < -0.39 is 0 Å². The van der Waals surface area contributed by atoms with Gasteiger partial charge in [0.15, 0.2) is 0 Å². The molecule has 0 amide bonds. The number of hydrogen-bond acceptors (Lipinski definition) is 0. The molecule has 0 rings (SSSR count). The molecule has 1 N–H and O–H groups in total. The summed E-state index contributed by atoms with van der Waals surface area (Å²) in [5.74, 6) is 0. The number of nitrogens with zero attached hydrogens (tertiary/aromatic N) is 4. The first-order valence-electron chi connectivity index (χ1n) is 3.90. The Bertz CT molecular complexity index is 83.8. The van der Waals surface area contributed by atoms with Gasteiger partial charge < -0.3 is 27.1 Å². The summed E-state index contributed by atoms with van der Waals surface area (Å²) in [6.45, 7) is 0. The second kappa shape index (κ2) is 67.2. The molecule has 92 valence electrons. The fourth-order valence-electron chi connectivity index (χ4n) is 0.0430. The first kappa shape index (κ1) is 29.3. The first-order chi connectivity index (χ1) is 6.66. The number of rotatable bonds is 1. The maximum absolute atomic E-state index is 7.73. The van der Waals surface area contributed by atoms with Crippen molar-refractivity contribution in [3.63, 3.8) is 0 Å². The maximum atomic E-state index is 7.73. The van der Waals surface area contributed by atoms with Crippen LogP contribution in [0.3, 0.4) is 0 Å². The van der Waals surface area contributed by atoms with E-state index in [9.17, 15) is 0 Å². The Hall–Kier alpha value is -0.196. The van der Waals surface area contributed by atoms with E-state index in [0.29, 0.717) is 0 Å². The van der Waals surface area contributed by atoms with Crippen LogP contribution < -0.4 is 0 Å². The zero-order valence-electron chi connectivity index (χ0n) is 10.5. The predicted octanol–water partition coefficient (Wildman–Crippen LogP) is 3.05. The zero-order valence-corrected chi connectivity index (χ0v) is 12.1. The Labute approximate surface area is 110 Å². The van der Waals surface area contributed by atoms with Gasteiger partial charge in [0.05, 0.1) is 0 Å². The van der Waals surface area contributed by atoms with Crippen LogP contribution in [0.1, 0.15) is 0 Å². The van der Waals surface area contributed by atoms with Crippen molar-refractivity contribution in [2.75, 3.05) is 42.3 Å². The molecule has 0 saturated heterocycles. The van der Waals surface area contributed by atoms with Gasteiger partial charge in [-0.05, 0) is 0 Å². The second-order valence-electron chi connectivity index (χ2n) is 1.85. The SMILES string of the molecule is C[N-]C.C[N-]C.C[N-]C.[N-]=C/C=C\[NH-].[Ti]. The molecule has 0 aromatic heterocycles. The largest absolute Gasteiger partial charge is 0.811 e. The third-order valence-corrected chi connectivity index (χ3v) is 0.182. The molecular weight excluding hydrogens is 226 g/mol. The molecule has 0 aliphatic rings. The van der Waals surface area contributed by atoms with Gasteiger partial charge in [-0.3, -0.25) is 0 Å². The van der Waals surface area contributed by atoms with Gasteiger partial charge in [-0.2, -0.15) is 54.7 Å². The Morgan fingerprint density at radius 3 is 1.07 bits per heavy atom. The molecule has 0 saturated carbocycles. The molecule has 15 heavy (non-hydrogen) atoms. The molecule has 5 nitrogen and oxygen atoms in total. The van der Waals surface area contributed by atoms with Crippen LogP contribution in [-0.2, 0) is 21.7 Å². The van der Waals surface area contributed by atoms with Crippen molar-refractivity contribution >= 4 is 6.21 Å². The maximum Gasteiger partial charge on any atom is 0 e. The van der Waals surface area contributed by atoms with Crippen molar-refractivity contribution in [1.29, 1.82) is 0 Å². The molecular formula is C9H22N5Ti-5. The van der Waals surface area contributed by atoms with Crippen LogP contribution >= 0.6 is 0 Å². The van der Waals surface area contributed by atoms with Gasteiger partial charge in [-0.15, -0.1) is 6.08 Å². The summed E-state index contributed by atoms with van der Waals surface area (Å²) >= 11 is 0. The minimum atomic E-state index is 0. The van der Waals surface area contributed by atoms with Crippen LogP contribution in [0.2, 0.25) is 0 Å². The molecule has 0 aliphatic carbocycles. The van der Waals surface area contributed by atoms with Gasteiger partial charge in [0.1, 0.15) is 0 Å². The molecule has 0 aromatic carbocycles. The number of allylic oxidation sites excluding steroid dienone is 1. The van der Waals surface area contributed by atoms with E-state index >= 15 is 0 Å². The van der Waals surface area contributed by atoms with E-state index in [0.717, 1.165) is 12.4 Å². The first-order valence-corrected chi connectivity index (χ1v) is 3.90. The third kappa shape index (κ3) is 591. The van der Waals surface area contributed by atoms with E-state index in [2.05, 4.69) is 16.0 Å². The monoisotopic (exact) mass is 248 g/mol. The normalized spacial score (nSPS) is 6.53. The topological polar surface area (TPSA) is 88.4 Å². The fraction of sp³-hybridized carbons (Fsp3) is 0.667. The van der Waals surface area contributed by atoms with E-state index in [1.807, 2.05) is 0 Å². The van der Waals surface area contributed by atoms with Gasteiger partial charge >= 0.3 is 0 Å². The standard InChI is InChI=1S/C3H4N2.3C2H6N.Ti/c4-2-1-3-5;3*1-3-2;/h1-4H;3*1-2H3;/q-2;3*-1;/b2-1-;;;;. The van der Waals surface area contributed by atoms with Gasteiger partial charge in [0.25, 0.3) is 0 Å². The molecule has 0 radical (unpaired) electrons. The summed E-state index contributed by atoms with van der Waals surface area (Å²) in [4.78, 5) is 0. The average molecular weight is 248 g/mol. The molecule has 0 fully saturated rings. The Morgan fingerprint density at radius 1 is 0.867 bits per heavy atom. The summed E-state index contributed by atoms with van der Waals surface area (Å²) in [6, 6.07) is 0. The molecule has 0 aliphatic heterocycles. The zero-order chi connectivity index (χ0) is 12.2. The Morgan fingerprint density at radius 2 is 1.07 bits per heavy atom. The Kier molecular flexibility index (Phi) is 131. The number of nitrogens with one attached hydrogen (secondary N) is 1. The molecule has 0 unspecified atom stereocenters. The molecule has 0 aromatic rings. The molecule has 0 heterocycles. The van der Waals surface area contributed by atoms with Crippen molar-refractivity contribution in [2.45, 2.75) is 0 Å². The van der Waals surface area contributed by atoms with Crippen molar-refractivity contribution in [2.24, 2.45) is 0 Å². The quantitative estimate of drug-likeness (QED) is 0.504. The molecule has 0 atom stereocenters. The van der Waals surface area contributed by atoms with Gasteiger partial charge in [0, 0.05) is 21.7 Å². The van der Waals surface area contributed by atoms with Crippen LogP contribution in [0.25, 0.3) is 27.1 Å². The van der Waals surface area contributed by atoms with Crippen LogP contribution in [0.5, 0.6) is 0 Å². The van der Waals surface area contributed by atoms with Crippen LogP contribution in [-0.4, -0.2) is 48.5 Å². The fourth-order valence-corrected chi connectivity index (χ4v) is 0.0430.